The van der Waals surface area contributed by atoms with Gasteiger partial charge in [-0.25, -0.2) is 9.07 Å². The van der Waals surface area contributed by atoms with Crippen LogP contribution >= 0.6 is 11.6 Å². The van der Waals surface area contributed by atoms with Crippen LogP contribution in [0.4, 0.5) is 23.2 Å². The molecular weight excluding hydrogens is 374 g/mol. The Bertz CT molecular complexity index is 954. The largest absolute Gasteiger partial charge is 0.434 e. The quantitative estimate of drug-likeness (QED) is 0.651. The van der Waals surface area contributed by atoms with Crippen molar-refractivity contribution in [2.45, 2.75) is 6.18 Å². The second-order valence-electron chi connectivity index (χ2n) is 5.23. The molecule has 2 aromatic carbocycles. The van der Waals surface area contributed by atoms with E-state index in [9.17, 15) is 22.4 Å². The Morgan fingerprint density at radius 1 is 1.12 bits per heavy atom. The minimum atomic E-state index is -4.82. The number of nitrogens with one attached hydrogen (secondary N) is 1. The number of carbonyl (C=O) groups is 1. The van der Waals surface area contributed by atoms with Gasteiger partial charge in [0.1, 0.15) is 5.82 Å². The zero-order valence-electron chi connectivity index (χ0n) is 12.9. The van der Waals surface area contributed by atoms with Crippen LogP contribution in [-0.4, -0.2) is 15.7 Å². The molecular formula is C17H10ClF4N3O. The highest BCUT2D eigenvalue weighted by Crippen LogP contribution is 2.34. The lowest BCUT2D eigenvalue weighted by atomic mass is 10.2. The maximum atomic E-state index is 13.5. The maximum Gasteiger partial charge on any atom is 0.434 e. The van der Waals surface area contributed by atoms with Crippen molar-refractivity contribution in [1.82, 2.24) is 9.78 Å². The number of amides is 1. The molecule has 0 aliphatic carbocycles. The first kappa shape index (κ1) is 17.9. The second kappa shape index (κ2) is 6.80. The normalized spacial score (nSPS) is 11.4. The molecule has 0 saturated heterocycles. The van der Waals surface area contributed by atoms with Gasteiger partial charge in [0.2, 0.25) is 0 Å². The first-order valence-electron chi connectivity index (χ1n) is 7.24. The molecule has 0 radical (unpaired) electrons. The molecule has 0 aliphatic rings. The summed E-state index contributed by atoms with van der Waals surface area (Å²) in [4.78, 5) is 12.3. The number of hydrogen-bond donors (Lipinski definition) is 1. The average Bonchev–Trinajstić information content (AvgIpc) is 3.04. The van der Waals surface area contributed by atoms with E-state index in [0.717, 1.165) is 18.3 Å². The van der Waals surface area contributed by atoms with Gasteiger partial charge in [-0.2, -0.15) is 18.3 Å². The summed E-state index contributed by atoms with van der Waals surface area (Å²) < 4.78 is 54.4. The highest BCUT2D eigenvalue weighted by atomic mass is 35.5. The molecule has 0 atom stereocenters. The number of halogens is 5. The van der Waals surface area contributed by atoms with Crippen molar-refractivity contribution >= 4 is 23.2 Å². The summed E-state index contributed by atoms with van der Waals surface area (Å²) in [5.41, 5.74) is -1.66. The Balaban J connectivity index is 2.00. The van der Waals surface area contributed by atoms with Crippen molar-refractivity contribution < 1.29 is 22.4 Å². The molecule has 9 heteroatoms. The molecule has 4 nitrogen and oxygen atoms in total. The zero-order chi connectivity index (χ0) is 18.9. The molecule has 1 aromatic heterocycles. The number of nitrogens with zero attached hydrogens (tertiary/aromatic N) is 2. The van der Waals surface area contributed by atoms with Crippen LogP contribution in [0.25, 0.3) is 5.69 Å². The van der Waals surface area contributed by atoms with Crippen molar-refractivity contribution in [1.29, 1.82) is 0 Å². The number of rotatable bonds is 3. The van der Waals surface area contributed by atoms with Crippen molar-refractivity contribution in [2.24, 2.45) is 0 Å². The molecule has 1 N–H and O–H groups in total. The maximum absolute atomic E-state index is 13.5. The standard InChI is InChI=1S/C17H10ClF4N3O/c18-13-8-10(6-7-14(13)19)24-16(26)12-9-23-25(15(12)17(20,21)22)11-4-2-1-3-5-11/h1-9H,(H,24,26). The van der Waals surface area contributed by atoms with Gasteiger partial charge in [0.05, 0.1) is 22.5 Å². The molecule has 0 spiro atoms. The lowest BCUT2D eigenvalue weighted by Gasteiger charge is -2.13. The second-order valence-corrected chi connectivity index (χ2v) is 5.64. The fourth-order valence-electron chi connectivity index (χ4n) is 2.32. The number of benzene rings is 2. The van der Waals surface area contributed by atoms with Crippen LogP contribution < -0.4 is 5.32 Å². The molecule has 0 bridgehead atoms. The summed E-state index contributed by atoms with van der Waals surface area (Å²) in [6.45, 7) is 0. The summed E-state index contributed by atoms with van der Waals surface area (Å²) in [7, 11) is 0. The van der Waals surface area contributed by atoms with Crippen molar-refractivity contribution in [2.75, 3.05) is 5.32 Å². The first-order chi connectivity index (χ1) is 12.3. The molecule has 26 heavy (non-hydrogen) atoms. The fourth-order valence-corrected chi connectivity index (χ4v) is 2.51. The molecule has 1 heterocycles. The number of para-hydroxylation sites is 1. The highest BCUT2D eigenvalue weighted by Gasteiger charge is 2.40. The van der Waals surface area contributed by atoms with E-state index in [4.69, 9.17) is 11.6 Å². The monoisotopic (exact) mass is 383 g/mol. The van der Waals surface area contributed by atoms with E-state index < -0.39 is 29.2 Å². The number of carbonyl (C=O) groups excluding carboxylic acids is 1. The minimum Gasteiger partial charge on any atom is -0.322 e. The van der Waals surface area contributed by atoms with Gasteiger partial charge in [-0.1, -0.05) is 29.8 Å². The van der Waals surface area contributed by atoms with E-state index in [2.05, 4.69) is 10.4 Å². The van der Waals surface area contributed by atoms with Crippen LogP contribution in [0.15, 0.2) is 54.7 Å². The Labute approximate surface area is 150 Å². The summed E-state index contributed by atoms with van der Waals surface area (Å²) in [5.74, 6) is -1.75. The first-order valence-corrected chi connectivity index (χ1v) is 7.62. The zero-order valence-corrected chi connectivity index (χ0v) is 13.6. The molecule has 134 valence electrons. The van der Waals surface area contributed by atoms with Gasteiger partial charge in [-0.05, 0) is 30.3 Å². The van der Waals surface area contributed by atoms with Crippen LogP contribution in [0, 0.1) is 5.82 Å². The summed E-state index contributed by atoms with van der Waals surface area (Å²) in [6.07, 6.45) is -3.99. The third kappa shape index (κ3) is 3.55. The summed E-state index contributed by atoms with van der Waals surface area (Å²) in [5, 5.41) is 5.69. The Hall–Kier alpha value is -2.87. The van der Waals surface area contributed by atoms with E-state index in [1.165, 1.54) is 18.2 Å². The van der Waals surface area contributed by atoms with E-state index in [0.29, 0.717) is 4.68 Å². The predicted molar refractivity (Wildman–Crippen MR) is 87.9 cm³/mol. The third-order valence-electron chi connectivity index (χ3n) is 3.46. The van der Waals surface area contributed by atoms with Crippen LogP contribution in [0.1, 0.15) is 16.1 Å². The van der Waals surface area contributed by atoms with Gasteiger partial charge in [0, 0.05) is 5.69 Å². The number of anilines is 1. The molecule has 0 aliphatic heterocycles. The number of alkyl halides is 3. The number of aromatic nitrogens is 2. The Morgan fingerprint density at radius 2 is 1.81 bits per heavy atom. The summed E-state index contributed by atoms with van der Waals surface area (Å²) in [6, 6.07) is 10.9. The topological polar surface area (TPSA) is 46.9 Å². The number of hydrogen-bond acceptors (Lipinski definition) is 2. The van der Waals surface area contributed by atoms with Crippen molar-refractivity contribution in [3.8, 4) is 5.69 Å². The van der Waals surface area contributed by atoms with Gasteiger partial charge in [-0.15, -0.1) is 0 Å². The fraction of sp³-hybridized carbons (Fsp3) is 0.0588. The molecule has 3 rings (SSSR count). The predicted octanol–water partition coefficient (Wildman–Crippen LogP) is 4.94. The molecule has 0 unspecified atom stereocenters. The highest BCUT2D eigenvalue weighted by molar-refractivity contribution is 6.31. The Morgan fingerprint density at radius 3 is 2.42 bits per heavy atom. The molecule has 0 saturated carbocycles. The van der Waals surface area contributed by atoms with Gasteiger partial charge in [0.25, 0.3) is 5.91 Å². The van der Waals surface area contributed by atoms with Crippen LogP contribution in [0.2, 0.25) is 5.02 Å². The van der Waals surface area contributed by atoms with Gasteiger partial charge < -0.3 is 5.32 Å². The van der Waals surface area contributed by atoms with E-state index in [1.54, 1.807) is 18.2 Å². The summed E-state index contributed by atoms with van der Waals surface area (Å²) >= 11 is 5.61. The SMILES string of the molecule is O=C(Nc1ccc(F)c(Cl)c1)c1cnn(-c2ccccc2)c1C(F)(F)F. The van der Waals surface area contributed by atoms with E-state index >= 15 is 0 Å². The van der Waals surface area contributed by atoms with Crippen molar-refractivity contribution in [3.63, 3.8) is 0 Å². The van der Waals surface area contributed by atoms with Gasteiger partial charge in [-0.3, -0.25) is 4.79 Å². The Kier molecular flexibility index (Phi) is 4.69. The van der Waals surface area contributed by atoms with Crippen LogP contribution in [0.5, 0.6) is 0 Å². The average molecular weight is 384 g/mol. The van der Waals surface area contributed by atoms with Crippen LogP contribution in [-0.2, 0) is 6.18 Å². The lowest BCUT2D eigenvalue weighted by molar-refractivity contribution is -0.143. The van der Waals surface area contributed by atoms with Gasteiger partial charge in [0.15, 0.2) is 5.69 Å². The minimum absolute atomic E-state index is 0.0574. The van der Waals surface area contributed by atoms with Crippen molar-refractivity contribution in [3.05, 3.63) is 76.8 Å². The molecule has 1 amide bonds. The van der Waals surface area contributed by atoms with Gasteiger partial charge >= 0.3 is 6.18 Å². The molecule has 0 fully saturated rings. The smallest absolute Gasteiger partial charge is 0.322 e. The van der Waals surface area contributed by atoms with E-state index in [-0.39, 0.29) is 16.4 Å². The lowest BCUT2D eigenvalue weighted by Crippen LogP contribution is -2.20. The van der Waals surface area contributed by atoms with Crippen LogP contribution in [0.3, 0.4) is 0 Å². The van der Waals surface area contributed by atoms with E-state index in [1.807, 2.05) is 0 Å². The third-order valence-corrected chi connectivity index (χ3v) is 3.75. The molecule has 3 aromatic rings.